The molecule has 3 fully saturated rings. The van der Waals surface area contributed by atoms with E-state index in [1.165, 1.54) is 0 Å². The lowest BCUT2D eigenvalue weighted by Crippen LogP contribution is -2.63. The molecule has 0 radical (unpaired) electrons. The molecule has 5 heteroatoms. The minimum atomic E-state index is -0.289. The topological polar surface area (TPSA) is 43.9 Å². The van der Waals surface area contributed by atoms with E-state index in [1.807, 2.05) is 11.8 Å². The van der Waals surface area contributed by atoms with Gasteiger partial charge in [0.15, 0.2) is 0 Å². The number of likely N-dealkylation sites (tertiary alicyclic amines) is 1. The van der Waals surface area contributed by atoms with Crippen molar-refractivity contribution >= 4 is 11.8 Å². The molecule has 0 saturated carbocycles. The lowest BCUT2D eigenvalue weighted by atomic mass is 9.79. The van der Waals surface area contributed by atoms with Crippen LogP contribution in [0.2, 0.25) is 0 Å². The first kappa shape index (κ1) is 14.8. The van der Waals surface area contributed by atoms with Crippen molar-refractivity contribution in [2.45, 2.75) is 51.6 Å². The van der Waals surface area contributed by atoms with Crippen LogP contribution in [0, 0.1) is 5.41 Å². The highest BCUT2D eigenvalue weighted by Gasteiger charge is 2.47. The first-order valence-corrected chi connectivity index (χ1v) is 8.21. The van der Waals surface area contributed by atoms with Gasteiger partial charge in [0, 0.05) is 13.1 Å². The minimum absolute atomic E-state index is 0.147. The zero-order valence-corrected chi connectivity index (χ0v) is 13.5. The van der Waals surface area contributed by atoms with Crippen molar-refractivity contribution < 1.29 is 9.59 Å². The minimum Gasteiger partial charge on any atom is -0.329 e. The van der Waals surface area contributed by atoms with Gasteiger partial charge in [0.2, 0.25) is 11.8 Å². The molecule has 0 aromatic rings. The summed E-state index contributed by atoms with van der Waals surface area (Å²) >= 11 is 0. The molecule has 3 aliphatic rings. The van der Waals surface area contributed by atoms with Crippen LogP contribution in [0.15, 0.2) is 0 Å². The number of nitrogens with zero attached hydrogens (tertiary/aromatic N) is 3. The Morgan fingerprint density at radius 2 is 1.81 bits per heavy atom. The fraction of sp³-hybridized carbons (Fsp3) is 0.875. The Morgan fingerprint density at radius 1 is 1.14 bits per heavy atom. The highest BCUT2D eigenvalue weighted by Crippen LogP contribution is 2.35. The molecule has 3 aliphatic heterocycles. The fourth-order valence-corrected chi connectivity index (χ4v) is 3.99. The average molecular weight is 293 g/mol. The summed E-state index contributed by atoms with van der Waals surface area (Å²) in [5.74, 6) is 0.327. The summed E-state index contributed by atoms with van der Waals surface area (Å²) in [5, 5.41) is 0. The predicted octanol–water partition coefficient (Wildman–Crippen LogP) is 0.940. The van der Waals surface area contributed by atoms with Gasteiger partial charge in [0.05, 0.1) is 0 Å². The summed E-state index contributed by atoms with van der Waals surface area (Å²) in [7, 11) is 2.15. The zero-order chi connectivity index (χ0) is 15.2. The molecule has 2 unspecified atom stereocenters. The van der Waals surface area contributed by atoms with Crippen LogP contribution >= 0.6 is 0 Å². The molecule has 0 aliphatic carbocycles. The maximum Gasteiger partial charge on any atom is 0.246 e. The highest BCUT2D eigenvalue weighted by atomic mass is 16.2. The van der Waals surface area contributed by atoms with Gasteiger partial charge < -0.3 is 14.7 Å². The van der Waals surface area contributed by atoms with Gasteiger partial charge in [0.25, 0.3) is 0 Å². The number of piperidine rings is 1. The maximum absolute atomic E-state index is 12.8. The summed E-state index contributed by atoms with van der Waals surface area (Å²) in [6, 6.07) is -0.466. The zero-order valence-electron chi connectivity index (χ0n) is 13.5. The second-order valence-electron chi connectivity index (χ2n) is 7.45. The molecule has 3 saturated heterocycles. The number of fused-ring (bicyclic) bond motifs is 1. The van der Waals surface area contributed by atoms with Gasteiger partial charge in [-0.2, -0.15) is 0 Å². The summed E-state index contributed by atoms with van der Waals surface area (Å²) in [4.78, 5) is 31.3. The highest BCUT2D eigenvalue weighted by molar-refractivity contribution is 5.97. The third kappa shape index (κ3) is 2.56. The number of piperazine rings is 1. The van der Waals surface area contributed by atoms with Crippen molar-refractivity contribution in [2.75, 3.05) is 33.2 Å². The van der Waals surface area contributed by atoms with Gasteiger partial charge in [-0.05, 0) is 58.2 Å². The number of hydrogen-bond acceptors (Lipinski definition) is 3. The van der Waals surface area contributed by atoms with E-state index in [0.717, 1.165) is 51.9 Å². The Bertz CT molecular complexity index is 443. The molecule has 3 heterocycles. The largest absolute Gasteiger partial charge is 0.329 e. The van der Waals surface area contributed by atoms with Crippen LogP contribution in [0.5, 0.6) is 0 Å². The van der Waals surface area contributed by atoms with E-state index in [-0.39, 0.29) is 29.3 Å². The van der Waals surface area contributed by atoms with Crippen LogP contribution in [0.4, 0.5) is 0 Å². The van der Waals surface area contributed by atoms with E-state index in [2.05, 4.69) is 18.9 Å². The van der Waals surface area contributed by atoms with Gasteiger partial charge in [-0.15, -0.1) is 0 Å². The van der Waals surface area contributed by atoms with Crippen molar-refractivity contribution in [3.8, 4) is 0 Å². The third-order valence-corrected chi connectivity index (χ3v) is 5.68. The molecule has 3 rings (SSSR count). The number of rotatable bonds is 2. The van der Waals surface area contributed by atoms with Crippen LogP contribution in [-0.4, -0.2) is 71.8 Å². The molecular weight excluding hydrogens is 266 g/mol. The molecule has 2 amide bonds. The second-order valence-corrected chi connectivity index (χ2v) is 7.45. The summed E-state index contributed by atoms with van der Waals surface area (Å²) in [6.45, 7) is 7.82. The Hall–Kier alpha value is -1.10. The summed E-state index contributed by atoms with van der Waals surface area (Å²) < 4.78 is 0. The first-order chi connectivity index (χ1) is 9.91. The Kier molecular flexibility index (Phi) is 3.72. The fourth-order valence-electron chi connectivity index (χ4n) is 3.99. The van der Waals surface area contributed by atoms with E-state index >= 15 is 0 Å². The molecule has 5 nitrogen and oxygen atoms in total. The monoisotopic (exact) mass is 293 g/mol. The van der Waals surface area contributed by atoms with Gasteiger partial charge in [0.1, 0.15) is 12.1 Å². The molecular formula is C16H27N3O2. The van der Waals surface area contributed by atoms with Crippen LogP contribution in [0.25, 0.3) is 0 Å². The molecule has 0 spiro atoms. The van der Waals surface area contributed by atoms with Crippen LogP contribution in [-0.2, 0) is 9.59 Å². The Balaban J connectivity index is 1.74. The van der Waals surface area contributed by atoms with E-state index in [0.29, 0.717) is 0 Å². The number of hydrogen-bond donors (Lipinski definition) is 0. The van der Waals surface area contributed by atoms with Crippen LogP contribution < -0.4 is 0 Å². The SMILES string of the molecule is CC1C(=O)N2CCCC2C(=O)N1CC1(C)CCN(C)CC1. The number of carbonyl (C=O) groups is 2. The number of amides is 2. The van der Waals surface area contributed by atoms with Crippen LogP contribution in [0.3, 0.4) is 0 Å². The molecule has 0 N–H and O–H groups in total. The average Bonchev–Trinajstić information content (AvgIpc) is 2.95. The molecule has 2 atom stereocenters. The Morgan fingerprint density at radius 3 is 2.48 bits per heavy atom. The second kappa shape index (κ2) is 5.27. The van der Waals surface area contributed by atoms with Gasteiger partial charge in [-0.1, -0.05) is 6.92 Å². The first-order valence-electron chi connectivity index (χ1n) is 8.21. The normalized spacial score (nSPS) is 33.5. The van der Waals surface area contributed by atoms with E-state index in [1.54, 1.807) is 4.90 Å². The Labute approximate surface area is 127 Å². The predicted molar refractivity (Wildman–Crippen MR) is 80.7 cm³/mol. The summed E-state index contributed by atoms with van der Waals surface area (Å²) in [5.41, 5.74) is 0.150. The molecule has 118 valence electrons. The van der Waals surface area contributed by atoms with Crippen molar-refractivity contribution in [3.05, 3.63) is 0 Å². The van der Waals surface area contributed by atoms with E-state index in [4.69, 9.17) is 0 Å². The molecule has 0 aromatic carbocycles. The van der Waals surface area contributed by atoms with Gasteiger partial charge in [-0.25, -0.2) is 0 Å². The maximum atomic E-state index is 12.8. The van der Waals surface area contributed by atoms with Crippen molar-refractivity contribution in [1.82, 2.24) is 14.7 Å². The third-order valence-electron chi connectivity index (χ3n) is 5.68. The standard InChI is InChI=1S/C16H27N3O2/c1-12-14(20)18-8-4-5-13(18)15(21)19(12)11-16(2)6-9-17(3)10-7-16/h12-13H,4-11H2,1-3H3. The smallest absolute Gasteiger partial charge is 0.246 e. The van der Waals surface area contributed by atoms with Crippen molar-refractivity contribution in [1.29, 1.82) is 0 Å². The van der Waals surface area contributed by atoms with Crippen molar-refractivity contribution in [3.63, 3.8) is 0 Å². The molecule has 21 heavy (non-hydrogen) atoms. The van der Waals surface area contributed by atoms with E-state index in [9.17, 15) is 9.59 Å². The number of carbonyl (C=O) groups excluding carboxylic acids is 2. The lowest BCUT2D eigenvalue weighted by molar-refractivity contribution is -0.160. The van der Waals surface area contributed by atoms with Gasteiger partial charge >= 0.3 is 0 Å². The van der Waals surface area contributed by atoms with Gasteiger partial charge in [-0.3, -0.25) is 9.59 Å². The van der Waals surface area contributed by atoms with Crippen molar-refractivity contribution in [2.24, 2.45) is 5.41 Å². The van der Waals surface area contributed by atoms with Crippen LogP contribution in [0.1, 0.15) is 39.5 Å². The van der Waals surface area contributed by atoms with E-state index < -0.39 is 0 Å². The molecule has 0 aromatic heterocycles. The molecule has 0 bridgehead atoms. The quantitative estimate of drug-likeness (QED) is 0.761. The lowest BCUT2D eigenvalue weighted by Gasteiger charge is -2.46. The summed E-state index contributed by atoms with van der Waals surface area (Å²) in [6.07, 6.45) is 4.00.